The molecule has 0 aliphatic rings. The maximum absolute atomic E-state index is 5.96. The Bertz CT molecular complexity index is 453. The van der Waals surface area contributed by atoms with Crippen LogP contribution in [0.5, 0.6) is 0 Å². The molecule has 1 unspecified atom stereocenters. The number of hydrogen-bond donors (Lipinski definition) is 0. The van der Waals surface area contributed by atoms with E-state index in [0.717, 1.165) is 9.35 Å². The Labute approximate surface area is 104 Å². The van der Waals surface area contributed by atoms with E-state index in [4.69, 9.17) is 11.6 Å². The second-order valence-corrected chi connectivity index (χ2v) is 5.92. The summed E-state index contributed by atoms with van der Waals surface area (Å²) in [6, 6.07) is 2.04. The van der Waals surface area contributed by atoms with E-state index in [0.29, 0.717) is 12.4 Å². The molecule has 0 saturated carbocycles. The highest BCUT2D eigenvalue weighted by Gasteiger charge is 2.13. The third-order valence-electron chi connectivity index (χ3n) is 1.93. The molecule has 0 aromatic carbocycles. The summed E-state index contributed by atoms with van der Waals surface area (Å²) >= 11 is 11.1. The van der Waals surface area contributed by atoms with E-state index in [9.17, 15) is 0 Å². The van der Waals surface area contributed by atoms with Crippen LogP contribution in [0.2, 0.25) is 0 Å². The minimum atomic E-state index is -0.183. The molecule has 0 bridgehead atoms. The average Bonchev–Trinajstić information content (AvgIpc) is 2.77. The van der Waals surface area contributed by atoms with E-state index in [1.54, 1.807) is 16.0 Å². The summed E-state index contributed by atoms with van der Waals surface area (Å²) in [4.78, 5) is 0. The van der Waals surface area contributed by atoms with Gasteiger partial charge in [0.1, 0.15) is 0 Å². The molecule has 0 saturated heterocycles. The third-order valence-corrected chi connectivity index (χ3v) is 3.94. The standard InChI is InChI=1S/C8H8BrClN4S/c1-5(10)8-11-12-13-14(8)4-6-2-3-15-7(6)9/h2-3,5H,4H2,1H3. The van der Waals surface area contributed by atoms with Gasteiger partial charge in [-0.15, -0.1) is 28.0 Å². The van der Waals surface area contributed by atoms with Gasteiger partial charge in [0.05, 0.1) is 15.7 Å². The molecule has 7 heteroatoms. The fourth-order valence-electron chi connectivity index (χ4n) is 1.20. The van der Waals surface area contributed by atoms with Crippen LogP contribution in [0.4, 0.5) is 0 Å². The number of nitrogens with zero attached hydrogens (tertiary/aromatic N) is 4. The summed E-state index contributed by atoms with van der Waals surface area (Å²) in [7, 11) is 0. The Balaban J connectivity index is 2.25. The Morgan fingerprint density at radius 1 is 1.67 bits per heavy atom. The number of aromatic nitrogens is 4. The van der Waals surface area contributed by atoms with Crippen molar-refractivity contribution in [3.05, 3.63) is 26.6 Å². The zero-order chi connectivity index (χ0) is 10.8. The Kier molecular flexibility index (Phi) is 3.38. The molecule has 0 radical (unpaired) electrons. The lowest BCUT2D eigenvalue weighted by Gasteiger charge is -2.04. The van der Waals surface area contributed by atoms with Gasteiger partial charge in [0.15, 0.2) is 5.82 Å². The predicted octanol–water partition coefficient (Wildman–Crippen LogP) is 2.85. The average molecular weight is 308 g/mol. The number of alkyl halides is 1. The largest absolute Gasteiger partial charge is 0.224 e. The summed E-state index contributed by atoms with van der Waals surface area (Å²) in [5.74, 6) is 0.690. The minimum Gasteiger partial charge on any atom is -0.224 e. The highest BCUT2D eigenvalue weighted by Crippen LogP contribution is 2.25. The van der Waals surface area contributed by atoms with Crippen molar-refractivity contribution in [2.75, 3.05) is 0 Å². The van der Waals surface area contributed by atoms with Crippen LogP contribution in [0.1, 0.15) is 23.7 Å². The van der Waals surface area contributed by atoms with E-state index < -0.39 is 0 Å². The van der Waals surface area contributed by atoms with Crippen molar-refractivity contribution in [2.45, 2.75) is 18.8 Å². The summed E-state index contributed by atoms with van der Waals surface area (Å²) in [5.41, 5.74) is 1.16. The van der Waals surface area contributed by atoms with Crippen LogP contribution < -0.4 is 0 Å². The van der Waals surface area contributed by atoms with Crippen molar-refractivity contribution in [3.63, 3.8) is 0 Å². The van der Waals surface area contributed by atoms with Gasteiger partial charge in [-0.3, -0.25) is 0 Å². The third kappa shape index (κ3) is 2.38. The lowest BCUT2D eigenvalue weighted by Crippen LogP contribution is -2.07. The molecule has 80 valence electrons. The molecule has 15 heavy (non-hydrogen) atoms. The number of halogens is 2. The van der Waals surface area contributed by atoms with Gasteiger partial charge in [-0.25, -0.2) is 4.68 Å². The van der Waals surface area contributed by atoms with Crippen molar-refractivity contribution < 1.29 is 0 Å². The van der Waals surface area contributed by atoms with Gasteiger partial charge in [-0.05, 0) is 50.3 Å². The SMILES string of the molecule is CC(Cl)c1nnnn1Cc1ccsc1Br. The Morgan fingerprint density at radius 3 is 3.07 bits per heavy atom. The smallest absolute Gasteiger partial charge is 0.169 e. The monoisotopic (exact) mass is 306 g/mol. The fourth-order valence-corrected chi connectivity index (χ4v) is 2.58. The zero-order valence-electron chi connectivity index (χ0n) is 7.89. The molecule has 2 aromatic heterocycles. The van der Waals surface area contributed by atoms with Crippen molar-refractivity contribution in [2.24, 2.45) is 0 Å². The molecule has 0 amide bonds. The van der Waals surface area contributed by atoms with Gasteiger partial charge >= 0.3 is 0 Å². The Morgan fingerprint density at radius 2 is 2.47 bits per heavy atom. The molecule has 2 heterocycles. The molecular weight excluding hydrogens is 300 g/mol. The molecule has 0 aliphatic heterocycles. The highest BCUT2D eigenvalue weighted by molar-refractivity contribution is 9.11. The summed E-state index contributed by atoms with van der Waals surface area (Å²) in [6.45, 7) is 2.50. The van der Waals surface area contributed by atoms with Crippen LogP contribution >= 0.6 is 38.9 Å². The maximum Gasteiger partial charge on any atom is 0.169 e. The molecular formula is C8H8BrClN4S. The van der Waals surface area contributed by atoms with Gasteiger partial charge in [0.2, 0.25) is 0 Å². The number of tetrazole rings is 1. The molecule has 2 rings (SSSR count). The first-order valence-corrected chi connectivity index (χ1v) is 6.41. The molecule has 0 N–H and O–H groups in total. The molecule has 0 spiro atoms. The molecule has 2 aromatic rings. The molecule has 0 aliphatic carbocycles. The van der Waals surface area contributed by atoms with Crippen LogP contribution in [0.3, 0.4) is 0 Å². The van der Waals surface area contributed by atoms with E-state index in [2.05, 4.69) is 31.5 Å². The lowest BCUT2D eigenvalue weighted by molar-refractivity contribution is 0.618. The van der Waals surface area contributed by atoms with Crippen LogP contribution in [0.25, 0.3) is 0 Å². The van der Waals surface area contributed by atoms with Gasteiger partial charge in [-0.2, -0.15) is 0 Å². The lowest BCUT2D eigenvalue weighted by atomic mass is 10.3. The fraction of sp³-hybridized carbons (Fsp3) is 0.375. The van der Waals surface area contributed by atoms with Gasteiger partial charge in [-0.1, -0.05) is 0 Å². The quantitative estimate of drug-likeness (QED) is 0.819. The van der Waals surface area contributed by atoms with Crippen molar-refractivity contribution in [3.8, 4) is 0 Å². The van der Waals surface area contributed by atoms with Crippen LogP contribution in [-0.2, 0) is 6.54 Å². The first kappa shape index (κ1) is 11.0. The predicted molar refractivity (Wildman–Crippen MR) is 63.2 cm³/mol. The van der Waals surface area contributed by atoms with E-state index in [-0.39, 0.29) is 5.38 Å². The van der Waals surface area contributed by atoms with E-state index in [1.165, 1.54) is 0 Å². The molecule has 4 nitrogen and oxygen atoms in total. The van der Waals surface area contributed by atoms with Gasteiger partial charge in [0, 0.05) is 0 Å². The second-order valence-electron chi connectivity index (χ2n) is 3.03. The first-order chi connectivity index (χ1) is 7.18. The van der Waals surface area contributed by atoms with Crippen LogP contribution in [0.15, 0.2) is 15.2 Å². The van der Waals surface area contributed by atoms with Crippen molar-refractivity contribution >= 4 is 38.9 Å². The van der Waals surface area contributed by atoms with E-state index in [1.807, 2.05) is 18.4 Å². The highest BCUT2D eigenvalue weighted by atomic mass is 79.9. The van der Waals surface area contributed by atoms with Crippen LogP contribution in [0, 0.1) is 0 Å². The van der Waals surface area contributed by atoms with Gasteiger partial charge in [0.25, 0.3) is 0 Å². The van der Waals surface area contributed by atoms with Gasteiger partial charge < -0.3 is 0 Å². The number of rotatable bonds is 3. The topological polar surface area (TPSA) is 43.6 Å². The Hall–Kier alpha value is -0.460. The summed E-state index contributed by atoms with van der Waals surface area (Å²) in [5, 5.41) is 13.3. The van der Waals surface area contributed by atoms with Crippen molar-refractivity contribution in [1.82, 2.24) is 20.2 Å². The molecule has 0 fully saturated rings. The zero-order valence-corrected chi connectivity index (χ0v) is 11.1. The normalized spacial score (nSPS) is 13.0. The van der Waals surface area contributed by atoms with Crippen LogP contribution in [-0.4, -0.2) is 20.2 Å². The van der Waals surface area contributed by atoms with Crippen molar-refractivity contribution in [1.29, 1.82) is 0 Å². The first-order valence-electron chi connectivity index (χ1n) is 4.30. The molecule has 1 atom stereocenters. The second kappa shape index (κ2) is 4.59. The summed E-state index contributed by atoms with van der Waals surface area (Å²) < 4.78 is 2.82. The minimum absolute atomic E-state index is 0.183. The number of hydrogen-bond acceptors (Lipinski definition) is 4. The maximum atomic E-state index is 5.96. The van der Waals surface area contributed by atoms with E-state index >= 15 is 0 Å². The summed E-state index contributed by atoms with van der Waals surface area (Å²) in [6.07, 6.45) is 0. The number of thiophene rings is 1.